The Morgan fingerprint density at radius 3 is 2.45 bits per heavy atom. The summed E-state index contributed by atoms with van der Waals surface area (Å²) in [5.74, 6) is -2.62. The second kappa shape index (κ2) is 5.00. The molecule has 0 radical (unpaired) electrons. The van der Waals surface area contributed by atoms with E-state index in [4.69, 9.17) is 10.2 Å². The first-order valence-corrected chi connectivity index (χ1v) is 5.66. The molecule has 0 aliphatic carbocycles. The number of carboxylic acids is 2. The van der Waals surface area contributed by atoms with Crippen LogP contribution in [0.1, 0.15) is 11.4 Å². The zero-order valence-electron chi connectivity index (χ0n) is 10.8. The molecule has 2 rings (SSSR count). The fraction of sp³-hybridized carbons (Fsp3) is 0.167. The normalized spacial score (nSPS) is 10.3. The molecule has 8 nitrogen and oxygen atoms in total. The topological polar surface area (TPSA) is 117 Å². The standard InChI is InChI=1S/C12H12N4O4/c1-6-3-9(13-5-8(11(17)18)12(19)20)16-10(14-6)4-7(2)15-16/h3-5,13H,1-2H3,(H,17,18)(H,19,20). The fourth-order valence-corrected chi connectivity index (χ4v) is 1.68. The van der Waals surface area contributed by atoms with Gasteiger partial charge in [0.25, 0.3) is 0 Å². The lowest BCUT2D eigenvalue weighted by Gasteiger charge is -2.06. The first-order chi connectivity index (χ1) is 9.38. The van der Waals surface area contributed by atoms with Gasteiger partial charge in [0.05, 0.1) is 5.69 Å². The summed E-state index contributed by atoms with van der Waals surface area (Å²) in [6, 6.07) is 3.40. The van der Waals surface area contributed by atoms with E-state index < -0.39 is 17.5 Å². The van der Waals surface area contributed by atoms with Gasteiger partial charge >= 0.3 is 11.9 Å². The SMILES string of the molecule is Cc1cc(NC=C(C(=O)O)C(=O)O)n2nc(C)cc2n1. The summed E-state index contributed by atoms with van der Waals surface area (Å²) < 4.78 is 1.47. The van der Waals surface area contributed by atoms with Crippen LogP contribution in [0.15, 0.2) is 23.9 Å². The molecule has 104 valence electrons. The summed E-state index contributed by atoms with van der Waals surface area (Å²) in [6.45, 7) is 3.57. The molecule has 0 aliphatic heterocycles. The van der Waals surface area contributed by atoms with Crippen LogP contribution in [0.3, 0.4) is 0 Å². The van der Waals surface area contributed by atoms with Crippen LogP contribution in [-0.4, -0.2) is 36.7 Å². The van der Waals surface area contributed by atoms with E-state index in [1.807, 2.05) is 0 Å². The molecule has 0 atom stereocenters. The van der Waals surface area contributed by atoms with Crippen LogP contribution < -0.4 is 5.32 Å². The third-order valence-corrected chi connectivity index (χ3v) is 2.50. The van der Waals surface area contributed by atoms with E-state index in [-0.39, 0.29) is 0 Å². The van der Waals surface area contributed by atoms with Gasteiger partial charge in [0.1, 0.15) is 5.82 Å². The Labute approximate surface area is 113 Å². The lowest BCUT2D eigenvalue weighted by atomic mass is 10.3. The van der Waals surface area contributed by atoms with Crippen molar-refractivity contribution < 1.29 is 19.8 Å². The highest BCUT2D eigenvalue weighted by Gasteiger charge is 2.16. The highest BCUT2D eigenvalue weighted by atomic mass is 16.4. The Kier molecular flexibility index (Phi) is 3.38. The van der Waals surface area contributed by atoms with Crippen molar-refractivity contribution in [3.8, 4) is 0 Å². The molecule has 3 N–H and O–H groups in total. The number of nitrogens with zero attached hydrogens (tertiary/aromatic N) is 3. The summed E-state index contributed by atoms with van der Waals surface area (Å²) in [5.41, 5.74) is 1.26. The minimum atomic E-state index is -1.52. The lowest BCUT2D eigenvalue weighted by Crippen LogP contribution is -2.13. The van der Waals surface area contributed by atoms with Crippen molar-refractivity contribution in [3.63, 3.8) is 0 Å². The quantitative estimate of drug-likeness (QED) is 0.429. The van der Waals surface area contributed by atoms with E-state index in [0.717, 1.165) is 11.9 Å². The van der Waals surface area contributed by atoms with E-state index in [2.05, 4.69) is 15.4 Å². The molecule has 0 aromatic carbocycles. The summed E-state index contributed by atoms with van der Waals surface area (Å²) >= 11 is 0. The minimum Gasteiger partial charge on any atom is -0.477 e. The van der Waals surface area contributed by atoms with Gasteiger partial charge in [-0.1, -0.05) is 0 Å². The monoisotopic (exact) mass is 276 g/mol. The summed E-state index contributed by atoms with van der Waals surface area (Å²) in [6.07, 6.45) is 0.913. The summed E-state index contributed by atoms with van der Waals surface area (Å²) in [4.78, 5) is 25.8. The smallest absolute Gasteiger partial charge is 0.344 e. The Bertz CT molecular complexity index is 716. The average Bonchev–Trinajstić information content (AvgIpc) is 2.68. The minimum absolute atomic E-state index is 0.431. The van der Waals surface area contributed by atoms with Gasteiger partial charge in [-0.2, -0.15) is 9.61 Å². The largest absolute Gasteiger partial charge is 0.477 e. The number of aromatic nitrogens is 3. The van der Waals surface area contributed by atoms with E-state index in [1.54, 1.807) is 26.0 Å². The van der Waals surface area contributed by atoms with Gasteiger partial charge in [-0.15, -0.1) is 0 Å². The van der Waals surface area contributed by atoms with Gasteiger partial charge in [0.15, 0.2) is 11.2 Å². The van der Waals surface area contributed by atoms with Crippen molar-refractivity contribution in [1.82, 2.24) is 14.6 Å². The zero-order valence-corrected chi connectivity index (χ0v) is 10.8. The van der Waals surface area contributed by atoms with Gasteiger partial charge in [-0.3, -0.25) is 0 Å². The number of carboxylic acid groups (broad SMARTS) is 2. The second-order valence-electron chi connectivity index (χ2n) is 4.15. The average molecular weight is 276 g/mol. The molecule has 0 saturated heterocycles. The molecule has 8 heteroatoms. The first kappa shape index (κ1) is 13.5. The Balaban J connectivity index is 2.45. The fourth-order valence-electron chi connectivity index (χ4n) is 1.68. The van der Waals surface area contributed by atoms with Gasteiger partial charge in [0, 0.05) is 24.0 Å². The number of aryl methyl sites for hydroxylation is 2. The molecule has 20 heavy (non-hydrogen) atoms. The van der Waals surface area contributed by atoms with Gasteiger partial charge in [-0.25, -0.2) is 14.6 Å². The van der Waals surface area contributed by atoms with Crippen LogP contribution in [0.25, 0.3) is 5.65 Å². The molecule has 0 saturated carbocycles. The van der Waals surface area contributed by atoms with Crippen LogP contribution in [-0.2, 0) is 9.59 Å². The molecule has 2 aromatic rings. The first-order valence-electron chi connectivity index (χ1n) is 5.66. The van der Waals surface area contributed by atoms with Crippen molar-refractivity contribution >= 4 is 23.4 Å². The van der Waals surface area contributed by atoms with Crippen LogP contribution in [0.2, 0.25) is 0 Å². The molecule has 0 aliphatic rings. The highest BCUT2D eigenvalue weighted by Crippen LogP contribution is 2.14. The number of carbonyl (C=O) groups is 2. The van der Waals surface area contributed by atoms with Crippen molar-refractivity contribution in [1.29, 1.82) is 0 Å². The molecular weight excluding hydrogens is 264 g/mol. The molecule has 0 spiro atoms. The number of hydrogen-bond donors (Lipinski definition) is 3. The van der Waals surface area contributed by atoms with E-state index in [0.29, 0.717) is 17.2 Å². The molecule has 0 amide bonds. The number of nitrogens with one attached hydrogen (secondary N) is 1. The van der Waals surface area contributed by atoms with Crippen molar-refractivity contribution in [2.75, 3.05) is 5.32 Å². The van der Waals surface area contributed by atoms with E-state index in [1.165, 1.54) is 4.52 Å². The highest BCUT2D eigenvalue weighted by molar-refractivity contribution is 6.12. The molecule has 0 unspecified atom stereocenters. The maximum Gasteiger partial charge on any atom is 0.344 e. The predicted molar refractivity (Wildman–Crippen MR) is 69.4 cm³/mol. The predicted octanol–water partition coefficient (Wildman–Crippen LogP) is 0.811. The van der Waals surface area contributed by atoms with E-state index in [9.17, 15) is 9.59 Å². The van der Waals surface area contributed by atoms with Crippen molar-refractivity contribution in [3.05, 3.63) is 35.3 Å². The summed E-state index contributed by atoms with van der Waals surface area (Å²) in [7, 11) is 0. The summed E-state index contributed by atoms with van der Waals surface area (Å²) in [5, 5.41) is 24.4. The molecule has 2 aromatic heterocycles. The number of anilines is 1. The Morgan fingerprint density at radius 1 is 1.20 bits per heavy atom. The molecule has 0 bridgehead atoms. The number of fused-ring (bicyclic) bond motifs is 1. The van der Waals surface area contributed by atoms with Gasteiger partial charge in [-0.05, 0) is 13.8 Å². The van der Waals surface area contributed by atoms with Crippen LogP contribution in [0.4, 0.5) is 5.82 Å². The van der Waals surface area contributed by atoms with Gasteiger partial charge in [0.2, 0.25) is 0 Å². The van der Waals surface area contributed by atoms with Gasteiger partial charge < -0.3 is 15.5 Å². The third-order valence-electron chi connectivity index (χ3n) is 2.50. The Hall–Kier alpha value is -2.90. The maximum atomic E-state index is 10.8. The molecule has 0 fully saturated rings. The zero-order chi connectivity index (χ0) is 14.9. The second-order valence-corrected chi connectivity index (χ2v) is 4.15. The molecular formula is C12H12N4O4. The third kappa shape index (κ3) is 2.58. The van der Waals surface area contributed by atoms with E-state index >= 15 is 0 Å². The van der Waals surface area contributed by atoms with Crippen molar-refractivity contribution in [2.24, 2.45) is 0 Å². The Morgan fingerprint density at radius 2 is 1.85 bits per heavy atom. The van der Waals surface area contributed by atoms with Crippen molar-refractivity contribution in [2.45, 2.75) is 13.8 Å². The van der Waals surface area contributed by atoms with Crippen LogP contribution in [0.5, 0.6) is 0 Å². The number of rotatable bonds is 4. The van der Waals surface area contributed by atoms with Crippen LogP contribution >= 0.6 is 0 Å². The maximum absolute atomic E-state index is 10.8. The molecule has 2 heterocycles. The number of aliphatic carboxylic acids is 2. The lowest BCUT2D eigenvalue weighted by molar-refractivity contribution is -0.140. The van der Waals surface area contributed by atoms with Crippen LogP contribution in [0, 0.1) is 13.8 Å². The number of hydrogen-bond acceptors (Lipinski definition) is 5.